The highest BCUT2D eigenvalue weighted by molar-refractivity contribution is 6.11. The third-order valence-electron chi connectivity index (χ3n) is 5.90. The second kappa shape index (κ2) is 11.2. The molecule has 0 radical (unpaired) electrons. The number of carbonyl (C=O) groups excluding carboxylic acids is 1. The molecule has 206 valence electrons. The molecule has 0 aliphatic rings. The smallest absolute Gasteiger partial charge is 0.419 e. The first-order valence-electron chi connectivity index (χ1n) is 11.5. The number of ketones is 1. The third kappa shape index (κ3) is 5.90. The first-order chi connectivity index (χ1) is 18.5. The molecule has 7 nitrogen and oxygen atoms in total. The summed E-state index contributed by atoms with van der Waals surface area (Å²) >= 11 is 0. The Kier molecular flexibility index (Phi) is 7.95. The van der Waals surface area contributed by atoms with E-state index < -0.39 is 35.2 Å². The van der Waals surface area contributed by atoms with Crippen LogP contribution in [0.2, 0.25) is 0 Å². The molecule has 3 aromatic carbocycles. The number of methoxy groups -OCH3 is 2. The largest absolute Gasteiger partial charge is 0.497 e. The zero-order chi connectivity index (χ0) is 28.3. The molecular weight excluding hydrogens is 527 g/mol. The summed E-state index contributed by atoms with van der Waals surface area (Å²) in [6, 6.07) is 8.00. The Bertz CT molecular complexity index is 1500. The van der Waals surface area contributed by atoms with Crippen molar-refractivity contribution in [2.45, 2.75) is 12.2 Å². The van der Waals surface area contributed by atoms with Crippen LogP contribution in [0.5, 0.6) is 17.2 Å². The second-order valence-electron chi connectivity index (χ2n) is 8.37. The average Bonchev–Trinajstić information content (AvgIpc) is 3.31. The number of alkyl halides is 3. The average molecular weight is 550 g/mol. The molecule has 0 aliphatic carbocycles. The van der Waals surface area contributed by atoms with E-state index in [2.05, 4.69) is 10.3 Å². The lowest BCUT2D eigenvalue weighted by molar-refractivity contribution is -0.139. The van der Waals surface area contributed by atoms with Gasteiger partial charge < -0.3 is 29.6 Å². The first-order valence-corrected chi connectivity index (χ1v) is 11.5. The number of anilines is 1. The van der Waals surface area contributed by atoms with E-state index >= 15 is 0 Å². The minimum absolute atomic E-state index is 0.00219. The van der Waals surface area contributed by atoms with Crippen molar-refractivity contribution in [2.24, 2.45) is 0 Å². The van der Waals surface area contributed by atoms with E-state index in [1.807, 2.05) is 0 Å². The maximum atomic E-state index is 14.1. The lowest BCUT2D eigenvalue weighted by atomic mass is 9.95. The van der Waals surface area contributed by atoms with Gasteiger partial charge in [0.25, 0.3) is 0 Å². The van der Waals surface area contributed by atoms with Gasteiger partial charge in [-0.1, -0.05) is 0 Å². The van der Waals surface area contributed by atoms with E-state index in [0.717, 1.165) is 12.1 Å². The number of halogens is 5. The van der Waals surface area contributed by atoms with Crippen molar-refractivity contribution in [2.75, 3.05) is 32.8 Å². The molecule has 1 aromatic heterocycles. The van der Waals surface area contributed by atoms with Gasteiger partial charge in [-0.3, -0.25) is 4.79 Å². The minimum Gasteiger partial charge on any atom is -0.497 e. The fourth-order valence-electron chi connectivity index (χ4n) is 4.11. The van der Waals surface area contributed by atoms with Crippen molar-refractivity contribution in [3.63, 3.8) is 0 Å². The van der Waals surface area contributed by atoms with Crippen molar-refractivity contribution in [3.05, 3.63) is 83.1 Å². The number of aromatic amines is 1. The van der Waals surface area contributed by atoms with Crippen LogP contribution in [0.4, 0.5) is 27.6 Å². The monoisotopic (exact) mass is 550 g/mol. The number of fused-ring (bicyclic) bond motifs is 1. The van der Waals surface area contributed by atoms with Gasteiger partial charge in [0.05, 0.1) is 26.4 Å². The molecule has 0 fully saturated rings. The van der Waals surface area contributed by atoms with Crippen molar-refractivity contribution in [1.29, 1.82) is 0 Å². The molecule has 0 bridgehead atoms. The number of hydrogen-bond acceptors (Lipinski definition) is 6. The Morgan fingerprint density at radius 1 is 1.03 bits per heavy atom. The molecule has 39 heavy (non-hydrogen) atoms. The van der Waals surface area contributed by atoms with Gasteiger partial charge in [0.15, 0.2) is 5.78 Å². The molecule has 0 saturated carbocycles. The van der Waals surface area contributed by atoms with E-state index in [9.17, 15) is 26.7 Å². The van der Waals surface area contributed by atoms with Crippen LogP contribution in [-0.4, -0.2) is 43.3 Å². The summed E-state index contributed by atoms with van der Waals surface area (Å²) in [6.45, 7) is -0.275. The number of Topliss-reactive ketones (excluding diaryl/α,β-unsaturated/α-hetero) is 1. The van der Waals surface area contributed by atoms with Gasteiger partial charge in [0.1, 0.15) is 41.5 Å². The molecule has 12 heteroatoms. The van der Waals surface area contributed by atoms with Gasteiger partial charge in [0.2, 0.25) is 0 Å². The summed E-state index contributed by atoms with van der Waals surface area (Å²) in [7, 11) is 2.68. The van der Waals surface area contributed by atoms with Crippen LogP contribution >= 0.6 is 0 Å². The molecule has 1 atom stereocenters. The molecule has 3 N–H and O–H groups in total. The fourth-order valence-corrected chi connectivity index (χ4v) is 4.11. The van der Waals surface area contributed by atoms with Crippen molar-refractivity contribution >= 4 is 22.4 Å². The summed E-state index contributed by atoms with van der Waals surface area (Å²) in [5, 5.41) is 11.9. The molecule has 1 heterocycles. The zero-order valence-electron chi connectivity index (χ0n) is 20.7. The summed E-state index contributed by atoms with van der Waals surface area (Å²) in [5.41, 5.74) is -1.23. The van der Waals surface area contributed by atoms with Crippen LogP contribution in [0.3, 0.4) is 0 Å². The van der Waals surface area contributed by atoms with E-state index in [0.29, 0.717) is 29.3 Å². The van der Waals surface area contributed by atoms with Gasteiger partial charge in [-0.15, -0.1) is 0 Å². The normalized spacial score (nSPS) is 12.3. The first kappa shape index (κ1) is 27.7. The molecule has 0 spiro atoms. The Balaban J connectivity index is 1.85. The highest BCUT2D eigenvalue weighted by Crippen LogP contribution is 2.38. The summed E-state index contributed by atoms with van der Waals surface area (Å²) < 4.78 is 84.4. The van der Waals surface area contributed by atoms with E-state index in [1.165, 1.54) is 38.6 Å². The van der Waals surface area contributed by atoms with Crippen LogP contribution in [0, 0.1) is 11.6 Å². The number of aliphatic hydroxyl groups excluding tert-OH is 1. The molecule has 1 unspecified atom stereocenters. The summed E-state index contributed by atoms with van der Waals surface area (Å²) in [4.78, 5) is 16.6. The molecule has 4 aromatic rings. The predicted octanol–water partition coefficient (Wildman–Crippen LogP) is 5.89. The van der Waals surface area contributed by atoms with E-state index in [-0.39, 0.29) is 41.0 Å². The Hall–Kier alpha value is -4.32. The van der Waals surface area contributed by atoms with E-state index in [1.54, 1.807) is 6.07 Å². The van der Waals surface area contributed by atoms with Crippen molar-refractivity contribution < 1.29 is 46.1 Å². The highest BCUT2D eigenvalue weighted by Gasteiger charge is 2.36. The number of aromatic nitrogens is 1. The maximum Gasteiger partial charge on any atom is 0.419 e. The number of rotatable bonds is 10. The van der Waals surface area contributed by atoms with Gasteiger partial charge in [-0.05, 0) is 24.3 Å². The summed E-state index contributed by atoms with van der Waals surface area (Å²) in [6.07, 6.45) is -3.81. The van der Waals surface area contributed by atoms with Gasteiger partial charge in [0, 0.05) is 58.2 Å². The Labute approximate surface area is 219 Å². The fraction of sp³-hybridized carbons (Fsp3) is 0.222. The number of nitrogens with one attached hydrogen (secondary N) is 2. The topological polar surface area (TPSA) is 92.8 Å². The number of carbonyl (C=O) groups is 1. The quantitative estimate of drug-likeness (QED) is 0.169. The second-order valence-corrected chi connectivity index (χ2v) is 8.37. The van der Waals surface area contributed by atoms with Crippen LogP contribution in [-0.2, 0) is 6.18 Å². The lowest BCUT2D eigenvalue weighted by Crippen LogP contribution is -2.22. The van der Waals surface area contributed by atoms with Crippen LogP contribution in [0.1, 0.15) is 27.5 Å². The summed E-state index contributed by atoms with van der Waals surface area (Å²) in [5.74, 6) is -2.21. The molecular formula is C27H23F5N2O5. The number of ether oxygens (including phenoxy) is 3. The number of hydrogen-bond donors (Lipinski definition) is 3. The van der Waals surface area contributed by atoms with Gasteiger partial charge in [-0.25, -0.2) is 8.78 Å². The number of H-pyrrole nitrogens is 1. The van der Waals surface area contributed by atoms with Crippen LogP contribution in [0.25, 0.3) is 10.9 Å². The molecule has 0 saturated heterocycles. The third-order valence-corrected chi connectivity index (χ3v) is 5.90. The van der Waals surface area contributed by atoms with E-state index in [4.69, 9.17) is 19.3 Å². The Morgan fingerprint density at radius 2 is 1.77 bits per heavy atom. The Morgan fingerprint density at radius 3 is 2.44 bits per heavy atom. The number of aliphatic hydroxyl groups is 1. The highest BCUT2D eigenvalue weighted by atomic mass is 19.4. The minimum atomic E-state index is -4.99. The number of benzene rings is 3. The zero-order valence-corrected chi connectivity index (χ0v) is 20.7. The molecule has 0 aliphatic heterocycles. The molecule has 4 rings (SSSR count). The van der Waals surface area contributed by atoms with Gasteiger partial charge >= 0.3 is 6.18 Å². The predicted molar refractivity (Wildman–Crippen MR) is 132 cm³/mol. The lowest BCUT2D eigenvalue weighted by Gasteiger charge is -2.22. The van der Waals surface area contributed by atoms with Crippen LogP contribution < -0.4 is 19.5 Å². The van der Waals surface area contributed by atoms with Crippen molar-refractivity contribution in [1.82, 2.24) is 4.98 Å². The molecule has 0 amide bonds. The van der Waals surface area contributed by atoms with Gasteiger partial charge in [-0.2, -0.15) is 13.2 Å². The SMILES string of the molecule is COc1cc(NC(C(=O)c2c[nH]c3cc(F)c(C(F)(F)F)cc23)c2ccc(F)cc2OC)cc(OCCO)c1. The van der Waals surface area contributed by atoms with Crippen molar-refractivity contribution in [3.8, 4) is 17.2 Å². The standard InChI is InChI=1S/C27H23F5N2O5/c1-37-16-8-15(9-17(10-16)39-6-5-35)34-25(18-4-3-14(28)7-24(18)38-2)26(36)20-13-33-23-12-22(29)21(11-19(20)23)27(30,31)32/h3-4,7-13,25,33-35H,5-6H2,1-2H3. The van der Waals surface area contributed by atoms with Crippen LogP contribution in [0.15, 0.2) is 54.7 Å². The maximum absolute atomic E-state index is 14.1.